The molecule has 0 radical (unpaired) electrons. The number of oxazole rings is 1. The van der Waals surface area contributed by atoms with Crippen LogP contribution in [-0.4, -0.2) is 80.5 Å². The van der Waals surface area contributed by atoms with E-state index in [2.05, 4.69) is 20.3 Å². The van der Waals surface area contributed by atoms with Crippen molar-refractivity contribution in [2.24, 2.45) is 5.92 Å². The molecule has 0 bridgehead atoms. The van der Waals surface area contributed by atoms with Gasteiger partial charge in [-0.1, -0.05) is 0 Å². The number of carbonyl (C=O) groups excluding carboxylic acids is 2. The second kappa shape index (κ2) is 13.6. The van der Waals surface area contributed by atoms with Crippen molar-refractivity contribution in [2.45, 2.75) is 65.7 Å². The van der Waals surface area contributed by atoms with E-state index in [0.29, 0.717) is 42.5 Å². The van der Waals surface area contributed by atoms with Gasteiger partial charge < -0.3 is 24.5 Å². The van der Waals surface area contributed by atoms with Crippen LogP contribution in [0.5, 0.6) is 5.75 Å². The number of fused-ring (bicyclic) bond motifs is 1. The summed E-state index contributed by atoms with van der Waals surface area (Å²) in [6.07, 6.45) is 5.06. The lowest BCUT2D eigenvalue weighted by Gasteiger charge is -2.32. The Morgan fingerprint density at radius 3 is 2.67 bits per heavy atom. The number of hydrogen-bond donors (Lipinski definition) is 2. The lowest BCUT2D eigenvalue weighted by Crippen LogP contribution is -2.42. The normalized spacial score (nSPS) is 16.5. The molecule has 3 aromatic rings. The van der Waals surface area contributed by atoms with Gasteiger partial charge in [-0.25, -0.2) is 19.3 Å². The van der Waals surface area contributed by atoms with E-state index in [9.17, 15) is 14.7 Å². The number of ether oxygens (including phenoxy) is 1. The first-order chi connectivity index (χ1) is 20.7. The first-order valence-electron chi connectivity index (χ1n) is 14.8. The topological polar surface area (TPSA) is 134 Å². The molecule has 0 saturated carbocycles. The summed E-state index contributed by atoms with van der Waals surface area (Å²) < 4.78 is 26.3. The van der Waals surface area contributed by atoms with E-state index in [-0.39, 0.29) is 43.0 Å². The molecule has 1 saturated heterocycles. The van der Waals surface area contributed by atoms with E-state index < -0.39 is 6.10 Å². The van der Waals surface area contributed by atoms with E-state index in [4.69, 9.17) is 9.15 Å². The van der Waals surface area contributed by atoms with Crippen molar-refractivity contribution in [2.75, 3.05) is 32.7 Å². The fraction of sp³-hybridized carbons (Fsp3) is 0.516. The Bertz CT molecular complexity index is 1450. The van der Waals surface area contributed by atoms with Gasteiger partial charge >= 0.3 is 0 Å². The second-order valence-electron chi connectivity index (χ2n) is 11.5. The largest absolute Gasteiger partial charge is 0.485 e. The Hall–Kier alpha value is -3.90. The Balaban J connectivity index is 1.10. The molecule has 230 valence electrons. The van der Waals surface area contributed by atoms with Crippen molar-refractivity contribution in [3.63, 3.8) is 0 Å². The lowest BCUT2D eigenvalue weighted by molar-refractivity contribution is -0.130. The van der Waals surface area contributed by atoms with Gasteiger partial charge in [0, 0.05) is 63.5 Å². The smallest absolute Gasteiger partial charge is 0.270 e. The maximum absolute atomic E-state index is 15.1. The van der Waals surface area contributed by atoms with Crippen LogP contribution in [0.3, 0.4) is 0 Å². The van der Waals surface area contributed by atoms with Crippen LogP contribution < -0.4 is 10.1 Å². The van der Waals surface area contributed by atoms with Crippen LogP contribution in [0.2, 0.25) is 0 Å². The Kier molecular flexibility index (Phi) is 9.66. The molecule has 1 fully saturated rings. The van der Waals surface area contributed by atoms with Crippen molar-refractivity contribution in [1.82, 2.24) is 30.1 Å². The Labute approximate surface area is 250 Å². The molecule has 11 nitrogen and oxygen atoms in total. The van der Waals surface area contributed by atoms with Crippen LogP contribution in [0.1, 0.15) is 64.1 Å². The first-order valence-corrected chi connectivity index (χ1v) is 14.8. The number of benzene rings is 1. The summed E-state index contributed by atoms with van der Waals surface area (Å²) in [7, 11) is 0. The van der Waals surface area contributed by atoms with Gasteiger partial charge in [0.1, 0.15) is 30.2 Å². The third-order valence-electron chi connectivity index (χ3n) is 8.48. The molecule has 2 amide bonds. The van der Waals surface area contributed by atoms with Crippen LogP contribution >= 0.6 is 0 Å². The number of nitrogens with zero attached hydrogens (tertiary/aromatic N) is 5. The fourth-order valence-corrected chi connectivity index (χ4v) is 5.87. The zero-order valence-electron chi connectivity index (χ0n) is 24.9. The summed E-state index contributed by atoms with van der Waals surface area (Å²) in [6, 6.07) is 3.10. The third-order valence-corrected chi connectivity index (χ3v) is 8.48. The minimum absolute atomic E-state index is 0.0420. The zero-order valence-corrected chi connectivity index (χ0v) is 24.9. The van der Waals surface area contributed by atoms with Gasteiger partial charge in [-0.05, 0) is 62.6 Å². The molecule has 0 unspecified atom stereocenters. The monoisotopic (exact) mass is 594 g/mol. The maximum Gasteiger partial charge on any atom is 0.270 e. The molecule has 2 aliphatic rings. The van der Waals surface area contributed by atoms with Crippen molar-refractivity contribution >= 4 is 11.8 Å². The van der Waals surface area contributed by atoms with Gasteiger partial charge in [0.2, 0.25) is 5.91 Å². The van der Waals surface area contributed by atoms with Crippen LogP contribution in [-0.2, 0) is 30.8 Å². The quantitative estimate of drug-likeness (QED) is 0.363. The van der Waals surface area contributed by atoms with E-state index in [1.54, 1.807) is 13.0 Å². The predicted molar refractivity (Wildman–Crippen MR) is 155 cm³/mol. The Morgan fingerprint density at radius 1 is 1.16 bits per heavy atom. The fourth-order valence-electron chi connectivity index (χ4n) is 5.87. The standard InChI is InChI=1S/C31H39FN6O5/c1-19-25-6-7-37(15-26(25)27(32)12-29(19)42-16-30-20(2)36-18-43-30)14-24(40)13-33-31(41)28-11-23(34-17-35-28)10-22-4-8-38(9-5-22)21(3)39/h11-12,17-18,22,24,40H,4-10,13-16H2,1-3H3,(H,33,41)/t24-/m0/s1. The summed E-state index contributed by atoms with van der Waals surface area (Å²) in [5.41, 5.74) is 4.19. The van der Waals surface area contributed by atoms with E-state index in [0.717, 1.165) is 54.9 Å². The highest BCUT2D eigenvalue weighted by Gasteiger charge is 2.26. The molecule has 0 aliphatic carbocycles. The molecule has 0 spiro atoms. The number of β-amino-alcohol motifs (C(OH)–C–C–N with tert-alkyl or cyclic N) is 1. The SMILES string of the molecule is CC(=O)N1CCC(Cc2cc(C(=O)NC[C@H](O)CN3CCc4c(C)c(OCc5ocnc5C)cc(F)c4C3)ncn2)CC1. The molecular formula is C31H39FN6O5. The number of piperidine rings is 1. The number of likely N-dealkylation sites (tertiary alicyclic amines) is 1. The molecule has 4 heterocycles. The van der Waals surface area contributed by atoms with Crippen molar-refractivity contribution in [3.8, 4) is 5.75 Å². The number of hydrogen-bond acceptors (Lipinski definition) is 9. The minimum atomic E-state index is -0.838. The molecule has 2 aliphatic heterocycles. The zero-order chi connectivity index (χ0) is 30.5. The average Bonchev–Trinajstić information content (AvgIpc) is 3.41. The highest BCUT2D eigenvalue weighted by molar-refractivity contribution is 5.92. The van der Waals surface area contributed by atoms with Crippen molar-refractivity contribution < 1.29 is 28.2 Å². The van der Waals surface area contributed by atoms with Gasteiger partial charge in [-0.2, -0.15) is 0 Å². The van der Waals surface area contributed by atoms with Crippen LogP contribution in [0.25, 0.3) is 0 Å². The Morgan fingerprint density at radius 2 is 1.95 bits per heavy atom. The van der Waals surface area contributed by atoms with Gasteiger partial charge in [0.15, 0.2) is 12.2 Å². The molecule has 5 rings (SSSR count). The summed E-state index contributed by atoms with van der Waals surface area (Å²) in [6.45, 7) is 8.33. The van der Waals surface area contributed by atoms with Crippen molar-refractivity contribution in [1.29, 1.82) is 0 Å². The molecule has 2 aromatic heterocycles. The van der Waals surface area contributed by atoms with E-state index in [1.165, 1.54) is 18.8 Å². The average molecular weight is 595 g/mol. The number of aliphatic hydroxyl groups is 1. The van der Waals surface area contributed by atoms with Crippen molar-refractivity contribution in [3.05, 3.63) is 70.2 Å². The summed E-state index contributed by atoms with van der Waals surface area (Å²) in [5, 5.41) is 13.4. The highest BCUT2D eigenvalue weighted by atomic mass is 19.1. The van der Waals surface area contributed by atoms with Gasteiger partial charge in [0.05, 0.1) is 11.8 Å². The number of amides is 2. The van der Waals surface area contributed by atoms with Gasteiger partial charge in [-0.3, -0.25) is 14.5 Å². The molecule has 12 heteroatoms. The molecule has 1 atom stereocenters. The van der Waals surface area contributed by atoms with Gasteiger partial charge in [-0.15, -0.1) is 0 Å². The second-order valence-corrected chi connectivity index (χ2v) is 11.5. The summed E-state index contributed by atoms with van der Waals surface area (Å²) in [4.78, 5) is 40.7. The number of nitrogens with one attached hydrogen (secondary N) is 1. The first kappa shape index (κ1) is 30.6. The van der Waals surface area contributed by atoms with Crippen LogP contribution in [0, 0.1) is 25.6 Å². The molecule has 1 aromatic carbocycles. The molecular weight excluding hydrogens is 555 g/mol. The third kappa shape index (κ3) is 7.55. The summed E-state index contributed by atoms with van der Waals surface area (Å²) in [5.74, 6) is 0.856. The number of aliphatic hydroxyl groups excluding tert-OH is 1. The summed E-state index contributed by atoms with van der Waals surface area (Å²) >= 11 is 0. The number of aromatic nitrogens is 3. The van der Waals surface area contributed by atoms with Crippen LogP contribution in [0.4, 0.5) is 4.39 Å². The molecule has 43 heavy (non-hydrogen) atoms. The van der Waals surface area contributed by atoms with Crippen LogP contribution in [0.15, 0.2) is 29.3 Å². The highest BCUT2D eigenvalue weighted by Crippen LogP contribution is 2.32. The maximum atomic E-state index is 15.1. The van der Waals surface area contributed by atoms with Gasteiger partial charge in [0.25, 0.3) is 5.91 Å². The minimum Gasteiger partial charge on any atom is -0.485 e. The van der Waals surface area contributed by atoms with E-state index in [1.807, 2.05) is 23.6 Å². The molecule has 2 N–H and O–H groups in total. The predicted octanol–water partition coefficient (Wildman–Crippen LogP) is 2.75. The number of rotatable bonds is 10. The lowest BCUT2D eigenvalue weighted by atomic mass is 9.92. The number of aryl methyl sites for hydroxylation is 1. The van der Waals surface area contributed by atoms with E-state index >= 15 is 4.39 Å². The number of halogens is 1. The number of carbonyl (C=O) groups is 2.